The van der Waals surface area contributed by atoms with Gasteiger partial charge in [-0.25, -0.2) is 15.0 Å². The van der Waals surface area contributed by atoms with Crippen LogP contribution in [0.2, 0.25) is 0 Å². The van der Waals surface area contributed by atoms with Crippen LogP contribution < -0.4 is 5.73 Å². The molecule has 31 heavy (non-hydrogen) atoms. The van der Waals surface area contributed by atoms with Gasteiger partial charge in [-0.15, -0.1) is 0 Å². The maximum atomic E-state index is 13.1. The number of nitrogen functional groups attached to an aromatic ring is 1. The van der Waals surface area contributed by atoms with Crippen molar-refractivity contribution < 1.29 is 13.2 Å². The normalized spacial score (nSPS) is 11.5. The number of nitrogens with two attached hydrogens (primary N) is 1. The highest BCUT2D eigenvalue weighted by molar-refractivity contribution is 5.71. The Kier molecular flexibility index (Phi) is 5.19. The Morgan fingerprint density at radius 1 is 0.774 bits per heavy atom. The topological polar surface area (TPSA) is 64.7 Å². The number of rotatable bonds is 3. The molecule has 0 aliphatic rings. The first-order chi connectivity index (χ1) is 14.7. The van der Waals surface area contributed by atoms with Crippen molar-refractivity contribution in [3.8, 4) is 33.8 Å². The number of aromatic nitrogens is 3. The molecule has 4 nitrogen and oxygen atoms in total. The number of hydrogen-bond donors (Lipinski definition) is 1. The molecule has 0 saturated carbocycles. The van der Waals surface area contributed by atoms with E-state index in [2.05, 4.69) is 15.0 Å². The molecule has 4 rings (SSSR count). The summed E-state index contributed by atoms with van der Waals surface area (Å²) in [6, 6.07) is 17.1. The second kappa shape index (κ2) is 7.83. The molecule has 2 aromatic carbocycles. The molecule has 156 valence electrons. The monoisotopic (exact) mass is 420 g/mol. The molecule has 0 bridgehead atoms. The SMILES string of the molecule is Cc1cc(-c2ccc(C(F)(F)F)c(C)c2)nc(-c2cccc(-c3ccc(N)nc3)c2)n1. The summed E-state index contributed by atoms with van der Waals surface area (Å²) in [5.41, 5.74) is 9.70. The Hall–Kier alpha value is -3.74. The Bertz CT molecular complexity index is 1250. The minimum absolute atomic E-state index is 0.153. The lowest BCUT2D eigenvalue weighted by Crippen LogP contribution is -2.07. The van der Waals surface area contributed by atoms with Gasteiger partial charge in [0.25, 0.3) is 0 Å². The molecule has 4 aromatic rings. The molecule has 0 aliphatic heterocycles. The molecule has 0 radical (unpaired) electrons. The van der Waals surface area contributed by atoms with Crippen molar-refractivity contribution in [2.24, 2.45) is 0 Å². The van der Waals surface area contributed by atoms with Crippen LogP contribution in [0.1, 0.15) is 16.8 Å². The molecule has 0 unspecified atom stereocenters. The summed E-state index contributed by atoms with van der Waals surface area (Å²) in [5.74, 6) is 0.941. The van der Waals surface area contributed by atoms with Crippen LogP contribution >= 0.6 is 0 Å². The molecule has 0 saturated heterocycles. The summed E-state index contributed by atoms with van der Waals surface area (Å²) in [6.45, 7) is 3.28. The molecule has 2 N–H and O–H groups in total. The fourth-order valence-corrected chi connectivity index (χ4v) is 3.40. The first-order valence-electron chi connectivity index (χ1n) is 9.57. The smallest absolute Gasteiger partial charge is 0.384 e. The van der Waals surface area contributed by atoms with E-state index in [4.69, 9.17) is 5.73 Å². The number of anilines is 1. The number of benzene rings is 2. The van der Waals surface area contributed by atoms with E-state index in [0.29, 0.717) is 22.9 Å². The third-order valence-corrected chi connectivity index (χ3v) is 4.92. The zero-order valence-corrected chi connectivity index (χ0v) is 16.9. The fourth-order valence-electron chi connectivity index (χ4n) is 3.40. The number of halogens is 3. The highest BCUT2D eigenvalue weighted by atomic mass is 19.4. The van der Waals surface area contributed by atoms with E-state index in [1.807, 2.05) is 37.3 Å². The zero-order chi connectivity index (χ0) is 22.2. The molecular weight excluding hydrogens is 401 g/mol. The number of nitrogens with zero attached hydrogens (tertiary/aromatic N) is 3. The Morgan fingerprint density at radius 3 is 2.19 bits per heavy atom. The van der Waals surface area contributed by atoms with Gasteiger partial charge < -0.3 is 5.73 Å². The van der Waals surface area contributed by atoms with Gasteiger partial charge in [-0.3, -0.25) is 0 Å². The molecule has 2 aromatic heterocycles. The first-order valence-corrected chi connectivity index (χ1v) is 9.57. The number of aryl methyl sites for hydroxylation is 2. The molecule has 0 aliphatic carbocycles. The Labute approximate surface area is 177 Å². The van der Waals surface area contributed by atoms with Crippen LogP contribution in [0.5, 0.6) is 0 Å². The van der Waals surface area contributed by atoms with Crippen LogP contribution in [0, 0.1) is 13.8 Å². The summed E-state index contributed by atoms with van der Waals surface area (Å²) >= 11 is 0. The van der Waals surface area contributed by atoms with Crippen molar-refractivity contribution in [1.29, 1.82) is 0 Å². The Balaban J connectivity index is 1.75. The van der Waals surface area contributed by atoms with Gasteiger partial charge in [-0.05, 0) is 61.4 Å². The standard InChI is InChI=1S/C24H19F3N4/c1-14-10-17(6-8-20(14)24(25,26)27)21-11-15(2)30-23(31-21)18-5-3-4-16(12-18)19-7-9-22(28)29-13-19/h3-13H,1-2H3,(H2,28,29). The minimum atomic E-state index is -4.38. The van der Waals surface area contributed by atoms with E-state index in [0.717, 1.165) is 28.5 Å². The van der Waals surface area contributed by atoms with Crippen LogP contribution in [0.3, 0.4) is 0 Å². The van der Waals surface area contributed by atoms with Gasteiger partial charge >= 0.3 is 6.18 Å². The van der Waals surface area contributed by atoms with Crippen molar-refractivity contribution in [2.45, 2.75) is 20.0 Å². The van der Waals surface area contributed by atoms with E-state index in [1.54, 1.807) is 18.3 Å². The van der Waals surface area contributed by atoms with Crippen LogP contribution in [0.4, 0.5) is 19.0 Å². The number of hydrogen-bond acceptors (Lipinski definition) is 4. The van der Waals surface area contributed by atoms with E-state index in [1.165, 1.54) is 19.1 Å². The third-order valence-electron chi connectivity index (χ3n) is 4.92. The van der Waals surface area contributed by atoms with Crippen LogP contribution in [0.15, 0.2) is 66.9 Å². The molecule has 0 amide bonds. The van der Waals surface area contributed by atoms with Crippen molar-refractivity contribution >= 4 is 5.82 Å². The molecule has 2 heterocycles. The third kappa shape index (κ3) is 4.40. The number of alkyl halides is 3. The van der Waals surface area contributed by atoms with Gasteiger partial charge in [0, 0.05) is 28.6 Å². The summed E-state index contributed by atoms with van der Waals surface area (Å²) in [6.07, 6.45) is -2.69. The van der Waals surface area contributed by atoms with Crippen LogP contribution in [-0.4, -0.2) is 15.0 Å². The van der Waals surface area contributed by atoms with Gasteiger partial charge in [-0.2, -0.15) is 13.2 Å². The lowest BCUT2D eigenvalue weighted by molar-refractivity contribution is -0.138. The largest absolute Gasteiger partial charge is 0.416 e. The highest BCUT2D eigenvalue weighted by Gasteiger charge is 2.32. The summed E-state index contributed by atoms with van der Waals surface area (Å²) in [7, 11) is 0. The molecular formula is C24H19F3N4. The summed E-state index contributed by atoms with van der Waals surface area (Å²) in [5, 5.41) is 0. The van der Waals surface area contributed by atoms with Gasteiger partial charge in [0.15, 0.2) is 5.82 Å². The predicted molar refractivity (Wildman–Crippen MR) is 115 cm³/mol. The average Bonchev–Trinajstić information content (AvgIpc) is 2.73. The van der Waals surface area contributed by atoms with Gasteiger partial charge in [-0.1, -0.05) is 24.3 Å². The molecule has 0 fully saturated rings. The van der Waals surface area contributed by atoms with E-state index < -0.39 is 11.7 Å². The molecule has 0 spiro atoms. The lowest BCUT2D eigenvalue weighted by atomic mass is 10.0. The molecule has 0 atom stereocenters. The summed E-state index contributed by atoms with van der Waals surface area (Å²) in [4.78, 5) is 13.3. The van der Waals surface area contributed by atoms with Gasteiger partial charge in [0.1, 0.15) is 5.82 Å². The fraction of sp³-hybridized carbons (Fsp3) is 0.125. The summed E-state index contributed by atoms with van der Waals surface area (Å²) < 4.78 is 39.3. The highest BCUT2D eigenvalue weighted by Crippen LogP contribution is 2.34. The maximum absolute atomic E-state index is 13.1. The van der Waals surface area contributed by atoms with Crippen LogP contribution in [-0.2, 0) is 6.18 Å². The quantitative estimate of drug-likeness (QED) is 0.436. The first kappa shape index (κ1) is 20.5. The second-order valence-electron chi connectivity index (χ2n) is 7.30. The van der Waals surface area contributed by atoms with Gasteiger partial charge in [0.05, 0.1) is 11.3 Å². The zero-order valence-electron chi connectivity index (χ0n) is 16.9. The Morgan fingerprint density at radius 2 is 1.52 bits per heavy atom. The average molecular weight is 420 g/mol. The van der Waals surface area contributed by atoms with Crippen molar-refractivity contribution in [2.75, 3.05) is 5.73 Å². The predicted octanol–water partition coefficient (Wildman–Crippen LogP) is 6.09. The molecule has 7 heteroatoms. The van der Waals surface area contributed by atoms with E-state index in [9.17, 15) is 13.2 Å². The van der Waals surface area contributed by atoms with E-state index in [-0.39, 0.29) is 5.56 Å². The van der Waals surface area contributed by atoms with Gasteiger partial charge in [0.2, 0.25) is 0 Å². The van der Waals surface area contributed by atoms with E-state index >= 15 is 0 Å². The van der Waals surface area contributed by atoms with Crippen LogP contribution in [0.25, 0.3) is 33.8 Å². The van der Waals surface area contributed by atoms with Crippen molar-refractivity contribution in [1.82, 2.24) is 15.0 Å². The maximum Gasteiger partial charge on any atom is 0.416 e. The number of pyridine rings is 1. The lowest BCUT2D eigenvalue weighted by Gasteiger charge is -2.12. The second-order valence-corrected chi connectivity index (χ2v) is 7.30. The van der Waals surface area contributed by atoms with Crippen molar-refractivity contribution in [3.63, 3.8) is 0 Å². The van der Waals surface area contributed by atoms with Crippen molar-refractivity contribution in [3.05, 3.63) is 83.7 Å². The minimum Gasteiger partial charge on any atom is -0.384 e.